The molecule has 0 aromatic carbocycles. The van der Waals surface area contributed by atoms with Crippen molar-refractivity contribution in [3.8, 4) is 11.6 Å². The van der Waals surface area contributed by atoms with E-state index in [1.54, 1.807) is 17.8 Å². The maximum absolute atomic E-state index is 11.9. The van der Waals surface area contributed by atoms with Gasteiger partial charge in [0.15, 0.2) is 0 Å². The van der Waals surface area contributed by atoms with Crippen LogP contribution < -0.4 is 5.32 Å². The maximum Gasteiger partial charge on any atom is 0.322 e. The number of nitrogens with zero attached hydrogens (tertiary/aromatic N) is 5. The Hall–Kier alpha value is -3.04. The molecule has 1 N–H and O–H groups in total. The van der Waals surface area contributed by atoms with E-state index in [1.165, 1.54) is 0 Å². The van der Waals surface area contributed by atoms with Gasteiger partial charge in [-0.25, -0.2) is 0 Å². The minimum atomic E-state index is -0.582. The van der Waals surface area contributed by atoms with Gasteiger partial charge in [-0.15, -0.1) is 5.10 Å². The van der Waals surface area contributed by atoms with Crippen molar-refractivity contribution in [3.63, 3.8) is 0 Å². The summed E-state index contributed by atoms with van der Waals surface area (Å²) >= 11 is 0. The van der Waals surface area contributed by atoms with Crippen LogP contribution in [0.15, 0.2) is 10.5 Å². The lowest BCUT2D eigenvalue weighted by atomic mass is 10.4. The van der Waals surface area contributed by atoms with Gasteiger partial charge in [0.1, 0.15) is 12.2 Å². The second-order valence-corrected chi connectivity index (χ2v) is 5.13. The molecule has 2 aromatic rings. The molecule has 0 bridgehead atoms. The lowest BCUT2D eigenvalue weighted by Crippen LogP contribution is -2.36. The number of rotatable bonds is 4. The molecular weight excluding hydrogens is 304 g/mol. The normalized spacial score (nSPS) is 14.6. The molecule has 23 heavy (non-hydrogen) atoms. The van der Waals surface area contributed by atoms with Gasteiger partial charge in [0.05, 0.1) is 0 Å². The van der Waals surface area contributed by atoms with Crippen molar-refractivity contribution in [1.29, 1.82) is 0 Å². The molecule has 0 aliphatic carbocycles. The first kappa shape index (κ1) is 14.9. The van der Waals surface area contributed by atoms with Crippen molar-refractivity contribution in [2.24, 2.45) is 7.05 Å². The monoisotopic (exact) mass is 318 g/mol. The summed E-state index contributed by atoms with van der Waals surface area (Å²) in [6.45, 7) is 1.51. The smallest absolute Gasteiger partial charge is 0.322 e. The van der Waals surface area contributed by atoms with Crippen LogP contribution >= 0.6 is 0 Å². The molecule has 3 heterocycles. The van der Waals surface area contributed by atoms with Crippen molar-refractivity contribution < 1.29 is 18.8 Å². The zero-order chi connectivity index (χ0) is 16.6. The van der Waals surface area contributed by atoms with Gasteiger partial charge < -0.3 is 4.42 Å². The lowest BCUT2D eigenvalue weighted by molar-refractivity contribution is -0.141. The summed E-state index contributed by atoms with van der Waals surface area (Å²) in [6.07, 6.45) is 0.270. The molecule has 1 aliphatic rings. The number of hydrogen-bond acceptors (Lipinski definition) is 7. The molecule has 1 aliphatic heterocycles. The molecule has 1 fully saturated rings. The minimum Gasteiger partial charge on any atom is -0.401 e. The van der Waals surface area contributed by atoms with E-state index in [1.807, 2.05) is 6.92 Å². The first-order valence-corrected chi connectivity index (χ1v) is 6.91. The molecule has 0 atom stereocenters. The number of likely N-dealkylation sites (tertiary alicyclic amines) is 1. The fourth-order valence-corrected chi connectivity index (χ4v) is 2.14. The second kappa shape index (κ2) is 5.63. The summed E-state index contributed by atoms with van der Waals surface area (Å²) in [5, 5.41) is 14.0. The Bertz CT molecular complexity index is 757. The minimum absolute atomic E-state index is 0.118. The van der Waals surface area contributed by atoms with Gasteiger partial charge in [-0.05, 0) is 13.0 Å². The summed E-state index contributed by atoms with van der Waals surface area (Å²) in [5.74, 6) is -1.14. The van der Waals surface area contributed by atoms with E-state index in [9.17, 15) is 14.4 Å². The number of nitrogens with one attached hydrogen (secondary N) is 1. The third kappa shape index (κ3) is 2.96. The third-order valence-corrected chi connectivity index (χ3v) is 3.46. The van der Waals surface area contributed by atoms with Crippen LogP contribution in [-0.4, -0.2) is 49.1 Å². The quantitative estimate of drug-likeness (QED) is 0.778. The second-order valence-electron chi connectivity index (χ2n) is 5.13. The number of carbonyl (C=O) groups is 3. The summed E-state index contributed by atoms with van der Waals surface area (Å²) in [7, 11) is 1.78. The van der Waals surface area contributed by atoms with Gasteiger partial charge >= 0.3 is 6.01 Å². The van der Waals surface area contributed by atoms with E-state index < -0.39 is 5.91 Å². The van der Waals surface area contributed by atoms with Crippen molar-refractivity contribution in [1.82, 2.24) is 24.9 Å². The van der Waals surface area contributed by atoms with Gasteiger partial charge in [-0.1, -0.05) is 5.10 Å². The molecule has 0 unspecified atom stereocenters. The van der Waals surface area contributed by atoms with E-state index >= 15 is 0 Å². The highest BCUT2D eigenvalue weighted by Gasteiger charge is 2.30. The van der Waals surface area contributed by atoms with Crippen molar-refractivity contribution in [3.05, 3.63) is 11.8 Å². The highest BCUT2D eigenvalue weighted by atomic mass is 16.4. The van der Waals surface area contributed by atoms with Crippen LogP contribution in [0.3, 0.4) is 0 Å². The Morgan fingerprint density at radius 1 is 1.30 bits per heavy atom. The summed E-state index contributed by atoms with van der Waals surface area (Å²) < 4.78 is 6.96. The molecule has 0 saturated carbocycles. The molecule has 10 heteroatoms. The summed E-state index contributed by atoms with van der Waals surface area (Å²) in [5.41, 5.74) is 1.40. The number of hydrogen-bond donors (Lipinski definition) is 1. The first-order chi connectivity index (χ1) is 10.9. The molecule has 1 saturated heterocycles. The van der Waals surface area contributed by atoms with E-state index in [4.69, 9.17) is 4.42 Å². The van der Waals surface area contributed by atoms with Crippen LogP contribution in [0.5, 0.6) is 0 Å². The molecular formula is C13H14N6O4. The van der Waals surface area contributed by atoms with E-state index in [-0.39, 0.29) is 43.1 Å². The highest BCUT2D eigenvalue weighted by molar-refractivity contribution is 6.05. The molecule has 10 nitrogen and oxygen atoms in total. The summed E-state index contributed by atoms with van der Waals surface area (Å²) in [6, 6.07) is 1.65. The Morgan fingerprint density at radius 2 is 2.00 bits per heavy atom. The number of carbonyl (C=O) groups excluding carboxylic acids is 3. The van der Waals surface area contributed by atoms with Crippen molar-refractivity contribution in [2.45, 2.75) is 19.8 Å². The predicted octanol–water partition coefficient (Wildman–Crippen LogP) is -0.134. The number of anilines is 1. The van der Waals surface area contributed by atoms with Gasteiger partial charge in [0.2, 0.25) is 17.7 Å². The Morgan fingerprint density at radius 3 is 2.61 bits per heavy atom. The molecule has 0 radical (unpaired) electrons. The van der Waals surface area contributed by atoms with E-state index in [0.717, 1.165) is 10.6 Å². The maximum atomic E-state index is 11.9. The molecule has 120 valence electrons. The van der Waals surface area contributed by atoms with Crippen LogP contribution in [0, 0.1) is 6.92 Å². The van der Waals surface area contributed by atoms with Gasteiger partial charge in [0.25, 0.3) is 5.89 Å². The van der Waals surface area contributed by atoms with Crippen molar-refractivity contribution >= 4 is 23.7 Å². The van der Waals surface area contributed by atoms with Gasteiger partial charge in [-0.3, -0.25) is 29.3 Å². The molecule has 3 rings (SSSR count). The average Bonchev–Trinajstić information content (AvgIpc) is 3.16. The Balaban J connectivity index is 1.66. The SMILES string of the molecule is Cc1cc(-c2nnc(NC(=O)CN3C(=O)CCC3=O)o2)nn1C. The summed E-state index contributed by atoms with van der Waals surface area (Å²) in [4.78, 5) is 35.7. The molecule has 2 aromatic heterocycles. The first-order valence-electron chi connectivity index (χ1n) is 6.91. The number of aromatic nitrogens is 4. The fourth-order valence-electron chi connectivity index (χ4n) is 2.14. The zero-order valence-electron chi connectivity index (χ0n) is 12.6. The van der Waals surface area contributed by atoms with Crippen molar-refractivity contribution in [2.75, 3.05) is 11.9 Å². The lowest BCUT2D eigenvalue weighted by Gasteiger charge is -2.11. The van der Waals surface area contributed by atoms with Crippen LogP contribution in [0.2, 0.25) is 0 Å². The van der Waals surface area contributed by atoms with Crippen LogP contribution in [0.4, 0.5) is 6.01 Å². The highest BCUT2D eigenvalue weighted by Crippen LogP contribution is 2.19. The van der Waals surface area contributed by atoms with E-state index in [2.05, 4.69) is 20.6 Å². The van der Waals surface area contributed by atoms with Crippen LogP contribution in [-0.2, 0) is 21.4 Å². The molecule has 3 amide bonds. The number of amides is 3. The number of aryl methyl sites for hydroxylation is 2. The largest absolute Gasteiger partial charge is 0.401 e. The van der Waals surface area contributed by atoms with Crippen LogP contribution in [0.1, 0.15) is 18.5 Å². The number of imide groups is 1. The zero-order valence-corrected chi connectivity index (χ0v) is 12.6. The van der Waals surface area contributed by atoms with E-state index in [0.29, 0.717) is 5.69 Å². The topological polar surface area (TPSA) is 123 Å². The standard InChI is InChI=1S/C13H14N6O4/c1-7-5-8(17-18(7)2)12-15-16-13(23-12)14-9(20)6-19-10(21)3-4-11(19)22/h5H,3-4,6H2,1-2H3,(H,14,16,20). The molecule has 0 spiro atoms. The Kier molecular flexibility index (Phi) is 3.64. The van der Waals surface area contributed by atoms with Gasteiger partial charge in [-0.2, -0.15) is 5.10 Å². The fraction of sp³-hybridized carbons (Fsp3) is 0.385. The third-order valence-electron chi connectivity index (χ3n) is 3.46. The average molecular weight is 318 g/mol. The predicted molar refractivity (Wildman–Crippen MR) is 75.8 cm³/mol. The van der Waals surface area contributed by atoms with Crippen LogP contribution in [0.25, 0.3) is 11.6 Å². The Labute approximate surface area is 130 Å². The van der Waals surface area contributed by atoms with Gasteiger partial charge in [0, 0.05) is 25.6 Å².